The summed E-state index contributed by atoms with van der Waals surface area (Å²) in [6.07, 6.45) is 3.39. The molecule has 3 aromatic rings. The van der Waals surface area contributed by atoms with Crippen molar-refractivity contribution >= 4 is 32.4 Å². The molecule has 0 fully saturated rings. The fourth-order valence-electron chi connectivity index (χ4n) is 1.39. The molecular formula is C12H10N2O3S2. The third-order valence-electron chi connectivity index (χ3n) is 2.22. The van der Waals surface area contributed by atoms with Crippen LogP contribution in [0.3, 0.4) is 0 Å². The highest BCUT2D eigenvalue weighted by atomic mass is 32.2. The van der Waals surface area contributed by atoms with E-state index in [1.807, 2.05) is 5.38 Å². The summed E-state index contributed by atoms with van der Waals surface area (Å²) in [7, 11) is -4.12. The smallest absolute Gasteiger partial charge is 0.282 e. The Balaban J connectivity index is 0.000000224. The molecule has 0 amide bonds. The predicted molar refractivity (Wildman–Crippen MR) is 73.7 cm³/mol. The van der Waals surface area contributed by atoms with Crippen LogP contribution in [-0.2, 0) is 10.1 Å². The molecule has 1 aromatic carbocycles. The van der Waals surface area contributed by atoms with Crippen LogP contribution < -0.4 is 0 Å². The van der Waals surface area contributed by atoms with Crippen molar-refractivity contribution < 1.29 is 13.0 Å². The lowest BCUT2D eigenvalue weighted by Gasteiger charge is -1.99. The molecule has 0 saturated carbocycles. The summed E-state index contributed by atoms with van der Waals surface area (Å²) >= 11 is 1.60. The summed E-state index contributed by atoms with van der Waals surface area (Å²) in [5.41, 5.74) is 2.49. The minimum Gasteiger partial charge on any atom is -0.282 e. The van der Waals surface area contributed by atoms with Gasteiger partial charge in [-0.2, -0.15) is 8.42 Å². The lowest BCUT2D eigenvalue weighted by atomic mass is 10.2. The molecule has 7 heteroatoms. The van der Waals surface area contributed by atoms with E-state index in [2.05, 4.69) is 9.97 Å². The maximum Gasteiger partial charge on any atom is 0.294 e. The van der Waals surface area contributed by atoms with Crippen LogP contribution in [-0.4, -0.2) is 22.9 Å². The molecule has 2 aromatic heterocycles. The maximum atomic E-state index is 10.8. The van der Waals surface area contributed by atoms with Crippen molar-refractivity contribution in [2.75, 3.05) is 0 Å². The molecule has 19 heavy (non-hydrogen) atoms. The number of fused-ring (bicyclic) bond motifs is 1. The zero-order valence-electron chi connectivity index (χ0n) is 9.67. The summed E-state index contributed by atoms with van der Waals surface area (Å²) in [6, 6.07) is 7.70. The number of hydrogen-bond acceptors (Lipinski definition) is 5. The van der Waals surface area contributed by atoms with Crippen LogP contribution in [0.1, 0.15) is 0 Å². The molecule has 0 bridgehead atoms. The fourth-order valence-corrected chi connectivity index (χ4v) is 2.26. The molecule has 0 saturated heterocycles. The third-order valence-corrected chi connectivity index (χ3v) is 3.59. The van der Waals surface area contributed by atoms with E-state index in [0.717, 1.165) is 0 Å². The van der Waals surface area contributed by atoms with Crippen LogP contribution in [0.25, 0.3) is 10.9 Å². The van der Waals surface area contributed by atoms with Gasteiger partial charge in [0, 0.05) is 23.2 Å². The zero-order chi connectivity index (χ0) is 13.7. The Morgan fingerprint density at radius 3 is 2.58 bits per heavy atom. The van der Waals surface area contributed by atoms with Crippen LogP contribution in [0.4, 0.5) is 0 Å². The van der Waals surface area contributed by atoms with E-state index in [1.165, 1.54) is 12.1 Å². The molecule has 0 aliphatic heterocycles. The Morgan fingerprint density at radius 1 is 1.16 bits per heavy atom. The van der Waals surface area contributed by atoms with Gasteiger partial charge in [0.05, 0.1) is 15.9 Å². The molecule has 98 valence electrons. The average Bonchev–Trinajstić information content (AvgIpc) is 2.96. The molecule has 0 spiro atoms. The molecule has 2 heterocycles. The minimum atomic E-state index is -4.12. The average molecular weight is 294 g/mol. The van der Waals surface area contributed by atoms with Gasteiger partial charge in [0.25, 0.3) is 10.1 Å². The second-order valence-electron chi connectivity index (χ2n) is 3.51. The van der Waals surface area contributed by atoms with Gasteiger partial charge in [0.15, 0.2) is 0 Å². The fraction of sp³-hybridized carbons (Fsp3) is 0. The van der Waals surface area contributed by atoms with Gasteiger partial charge >= 0.3 is 0 Å². The van der Waals surface area contributed by atoms with Crippen molar-refractivity contribution in [3.8, 4) is 0 Å². The summed E-state index contributed by atoms with van der Waals surface area (Å²) < 4.78 is 30.4. The van der Waals surface area contributed by atoms with Gasteiger partial charge in [-0.15, -0.1) is 11.3 Å². The van der Waals surface area contributed by atoms with Gasteiger partial charge in [-0.1, -0.05) is 6.07 Å². The summed E-state index contributed by atoms with van der Waals surface area (Å²) in [4.78, 5) is 7.66. The van der Waals surface area contributed by atoms with Crippen LogP contribution >= 0.6 is 11.3 Å². The van der Waals surface area contributed by atoms with Crippen molar-refractivity contribution in [1.82, 2.24) is 9.97 Å². The lowest BCUT2D eigenvalue weighted by molar-refractivity contribution is 0.483. The molecule has 0 unspecified atom stereocenters. The number of aromatic nitrogens is 2. The number of rotatable bonds is 1. The first kappa shape index (κ1) is 13.6. The molecular weight excluding hydrogens is 284 g/mol. The van der Waals surface area contributed by atoms with E-state index in [0.29, 0.717) is 10.9 Å². The van der Waals surface area contributed by atoms with Gasteiger partial charge < -0.3 is 0 Å². The molecule has 0 radical (unpaired) electrons. The van der Waals surface area contributed by atoms with Gasteiger partial charge in [0.1, 0.15) is 0 Å². The Morgan fingerprint density at radius 2 is 2.00 bits per heavy atom. The highest BCUT2D eigenvalue weighted by Crippen LogP contribution is 2.16. The van der Waals surface area contributed by atoms with Crippen molar-refractivity contribution in [2.45, 2.75) is 4.90 Å². The lowest BCUT2D eigenvalue weighted by Crippen LogP contribution is -1.97. The van der Waals surface area contributed by atoms with Gasteiger partial charge in [-0.25, -0.2) is 0 Å². The zero-order valence-corrected chi connectivity index (χ0v) is 11.3. The van der Waals surface area contributed by atoms with Gasteiger partial charge in [-0.05, 0) is 24.3 Å². The number of nitrogens with zero attached hydrogens (tertiary/aromatic N) is 2. The Bertz CT molecular complexity index is 738. The van der Waals surface area contributed by atoms with E-state index in [1.54, 1.807) is 47.4 Å². The van der Waals surface area contributed by atoms with Crippen LogP contribution in [0.15, 0.2) is 58.5 Å². The maximum absolute atomic E-state index is 10.8. The molecule has 3 rings (SSSR count). The Hall–Kier alpha value is -1.83. The first-order chi connectivity index (χ1) is 9.07. The SMILES string of the molecule is O=S(=O)(O)c1ccc2ncccc2c1.c1cscn1. The first-order valence-corrected chi connectivity index (χ1v) is 7.60. The molecule has 1 N–H and O–H groups in total. The van der Waals surface area contributed by atoms with E-state index in [9.17, 15) is 8.42 Å². The predicted octanol–water partition coefficient (Wildman–Crippen LogP) is 2.62. The largest absolute Gasteiger partial charge is 0.294 e. The molecule has 0 aliphatic carbocycles. The van der Waals surface area contributed by atoms with E-state index < -0.39 is 10.1 Å². The standard InChI is InChI=1S/C9H7NO3S.C3H3NS/c11-14(12,13)8-3-4-9-7(6-8)2-1-5-10-9;1-2-5-3-4-1/h1-6H,(H,11,12,13);1-3H. The van der Waals surface area contributed by atoms with Gasteiger partial charge in [0.2, 0.25) is 0 Å². The molecule has 0 atom stereocenters. The number of pyridine rings is 1. The van der Waals surface area contributed by atoms with Crippen LogP contribution in [0.2, 0.25) is 0 Å². The van der Waals surface area contributed by atoms with E-state index in [4.69, 9.17) is 4.55 Å². The summed E-state index contributed by atoms with van der Waals surface area (Å²) in [6.45, 7) is 0. The summed E-state index contributed by atoms with van der Waals surface area (Å²) in [5.74, 6) is 0. The van der Waals surface area contributed by atoms with Gasteiger partial charge in [-0.3, -0.25) is 14.5 Å². The second-order valence-corrected chi connectivity index (χ2v) is 5.69. The number of thiazole rings is 1. The van der Waals surface area contributed by atoms with Crippen molar-refractivity contribution in [1.29, 1.82) is 0 Å². The molecule has 5 nitrogen and oxygen atoms in total. The van der Waals surface area contributed by atoms with E-state index in [-0.39, 0.29) is 4.90 Å². The van der Waals surface area contributed by atoms with Crippen molar-refractivity contribution in [2.24, 2.45) is 0 Å². The van der Waals surface area contributed by atoms with Crippen molar-refractivity contribution in [3.05, 3.63) is 53.6 Å². The Labute approximate surface area is 114 Å². The minimum absolute atomic E-state index is 0.113. The van der Waals surface area contributed by atoms with Crippen LogP contribution in [0, 0.1) is 0 Å². The summed E-state index contributed by atoms with van der Waals surface area (Å²) in [5, 5.41) is 2.61. The number of hydrogen-bond donors (Lipinski definition) is 1. The second kappa shape index (κ2) is 5.87. The molecule has 0 aliphatic rings. The van der Waals surface area contributed by atoms with Crippen molar-refractivity contribution in [3.63, 3.8) is 0 Å². The highest BCUT2D eigenvalue weighted by Gasteiger charge is 2.09. The Kier molecular flexibility index (Phi) is 4.20. The first-order valence-electron chi connectivity index (χ1n) is 5.22. The third kappa shape index (κ3) is 3.82. The normalized spacial score (nSPS) is 10.8. The number of benzene rings is 1. The quantitative estimate of drug-likeness (QED) is 0.698. The van der Waals surface area contributed by atoms with E-state index >= 15 is 0 Å². The highest BCUT2D eigenvalue weighted by molar-refractivity contribution is 7.85. The monoisotopic (exact) mass is 294 g/mol. The topological polar surface area (TPSA) is 80.2 Å². The van der Waals surface area contributed by atoms with Crippen LogP contribution in [0.5, 0.6) is 0 Å².